The molecule has 13 heavy (non-hydrogen) atoms. The minimum Gasteiger partial charge on any atom is -0.352 e. The lowest BCUT2D eigenvalue weighted by molar-refractivity contribution is -0.127. The van der Waals surface area contributed by atoms with Gasteiger partial charge < -0.3 is 10.6 Å². The number of hydrogen-bond acceptors (Lipinski definition) is 2. The summed E-state index contributed by atoms with van der Waals surface area (Å²) < 4.78 is 11.8. The largest absolute Gasteiger partial charge is 0.352 e. The van der Waals surface area contributed by atoms with Gasteiger partial charge in [-0.25, -0.2) is 4.39 Å². The highest BCUT2D eigenvalue weighted by Crippen LogP contribution is 2.18. The Morgan fingerprint density at radius 1 is 1.62 bits per heavy atom. The highest BCUT2D eigenvalue weighted by molar-refractivity contribution is 5.85. The predicted molar refractivity (Wildman–Crippen MR) is 49.2 cm³/mol. The highest BCUT2D eigenvalue weighted by atomic mass is 19.1. The molecular formula is C9H17FN2O. The summed E-state index contributed by atoms with van der Waals surface area (Å²) in [6.45, 7) is 2.37. The Morgan fingerprint density at radius 3 is 2.92 bits per heavy atom. The first-order valence-corrected chi connectivity index (χ1v) is 4.78. The second-order valence-corrected chi connectivity index (χ2v) is 3.66. The molecule has 76 valence electrons. The summed E-state index contributed by atoms with van der Waals surface area (Å²) in [7, 11) is 0. The van der Waals surface area contributed by atoms with Gasteiger partial charge in [0.05, 0.1) is 5.54 Å². The fourth-order valence-corrected chi connectivity index (χ4v) is 1.61. The average Bonchev–Trinajstić information content (AvgIpc) is 2.15. The summed E-state index contributed by atoms with van der Waals surface area (Å²) in [4.78, 5) is 11.5. The number of carbonyl (C=O) groups excluding carboxylic acids is 1. The number of carbonyl (C=O) groups is 1. The molecule has 1 saturated heterocycles. The standard InChI is InChI=1S/C9H17FN2O/c1-9(4-2-3-6-12-9)8(13)11-7-5-10/h12H,2-7H2,1H3,(H,11,13). The van der Waals surface area contributed by atoms with Gasteiger partial charge in [-0.15, -0.1) is 0 Å². The van der Waals surface area contributed by atoms with Gasteiger partial charge in [0, 0.05) is 6.54 Å². The Kier molecular flexibility index (Phi) is 3.66. The van der Waals surface area contributed by atoms with Crippen molar-refractivity contribution in [1.29, 1.82) is 0 Å². The molecule has 1 rings (SSSR count). The van der Waals surface area contributed by atoms with Crippen molar-refractivity contribution in [3.8, 4) is 0 Å². The van der Waals surface area contributed by atoms with Gasteiger partial charge >= 0.3 is 0 Å². The van der Waals surface area contributed by atoms with Gasteiger partial charge in [0.2, 0.25) is 5.91 Å². The molecule has 1 aliphatic heterocycles. The van der Waals surface area contributed by atoms with Crippen LogP contribution >= 0.6 is 0 Å². The fourth-order valence-electron chi connectivity index (χ4n) is 1.61. The van der Waals surface area contributed by atoms with Gasteiger partial charge in [0.25, 0.3) is 0 Å². The Balaban J connectivity index is 2.42. The topological polar surface area (TPSA) is 41.1 Å². The summed E-state index contributed by atoms with van der Waals surface area (Å²) in [6.07, 6.45) is 3.02. The third-order valence-electron chi connectivity index (χ3n) is 2.50. The first-order valence-electron chi connectivity index (χ1n) is 4.78. The molecule has 0 spiro atoms. The Labute approximate surface area is 78.1 Å². The van der Waals surface area contributed by atoms with Gasteiger partial charge in [-0.2, -0.15) is 0 Å². The monoisotopic (exact) mass is 188 g/mol. The number of amides is 1. The lowest BCUT2D eigenvalue weighted by Gasteiger charge is -2.33. The van der Waals surface area contributed by atoms with E-state index in [2.05, 4.69) is 10.6 Å². The number of alkyl halides is 1. The zero-order chi connectivity index (χ0) is 9.73. The molecule has 0 aromatic rings. The third kappa shape index (κ3) is 2.66. The summed E-state index contributed by atoms with van der Waals surface area (Å²) >= 11 is 0. The van der Waals surface area contributed by atoms with Gasteiger partial charge in [-0.05, 0) is 32.7 Å². The number of hydrogen-bond donors (Lipinski definition) is 2. The van der Waals surface area contributed by atoms with Crippen molar-refractivity contribution >= 4 is 5.91 Å². The first kappa shape index (κ1) is 10.4. The van der Waals surface area contributed by atoms with Crippen LogP contribution in [-0.2, 0) is 4.79 Å². The molecule has 1 heterocycles. The van der Waals surface area contributed by atoms with Crippen molar-refractivity contribution in [2.45, 2.75) is 31.7 Å². The van der Waals surface area contributed by atoms with Crippen LogP contribution in [0.3, 0.4) is 0 Å². The third-order valence-corrected chi connectivity index (χ3v) is 2.50. The highest BCUT2D eigenvalue weighted by Gasteiger charge is 2.33. The lowest BCUT2D eigenvalue weighted by Crippen LogP contribution is -2.57. The molecule has 1 fully saturated rings. The molecule has 0 bridgehead atoms. The normalized spacial score (nSPS) is 28.5. The van der Waals surface area contributed by atoms with Crippen LogP contribution in [0.15, 0.2) is 0 Å². The molecule has 0 aromatic carbocycles. The number of piperidine rings is 1. The van der Waals surface area contributed by atoms with Crippen molar-refractivity contribution in [1.82, 2.24) is 10.6 Å². The van der Waals surface area contributed by atoms with Crippen molar-refractivity contribution in [3.05, 3.63) is 0 Å². The second kappa shape index (κ2) is 4.56. The number of halogens is 1. The maximum atomic E-state index is 11.8. The molecule has 2 N–H and O–H groups in total. The van der Waals surface area contributed by atoms with E-state index in [0.29, 0.717) is 0 Å². The van der Waals surface area contributed by atoms with E-state index in [1.54, 1.807) is 0 Å². The van der Waals surface area contributed by atoms with E-state index in [0.717, 1.165) is 25.8 Å². The van der Waals surface area contributed by atoms with E-state index in [-0.39, 0.29) is 12.5 Å². The second-order valence-electron chi connectivity index (χ2n) is 3.66. The van der Waals surface area contributed by atoms with E-state index < -0.39 is 12.2 Å². The van der Waals surface area contributed by atoms with E-state index in [4.69, 9.17) is 0 Å². The average molecular weight is 188 g/mol. The fraction of sp³-hybridized carbons (Fsp3) is 0.889. The molecule has 1 unspecified atom stereocenters. The summed E-state index contributed by atoms with van der Waals surface area (Å²) in [6, 6.07) is 0. The molecular weight excluding hydrogens is 171 g/mol. The van der Waals surface area contributed by atoms with E-state index in [9.17, 15) is 9.18 Å². The molecule has 0 aromatic heterocycles. The van der Waals surface area contributed by atoms with Crippen LogP contribution in [0.2, 0.25) is 0 Å². The van der Waals surface area contributed by atoms with Crippen LogP contribution in [-0.4, -0.2) is 31.2 Å². The number of nitrogens with one attached hydrogen (secondary N) is 2. The predicted octanol–water partition coefficient (Wildman–Crippen LogP) is 0.604. The van der Waals surface area contributed by atoms with E-state index in [1.165, 1.54) is 0 Å². The van der Waals surface area contributed by atoms with Crippen LogP contribution in [0.4, 0.5) is 4.39 Å². The van der Waals surface area contributed by atoms with Gasteiger partial charge in [0.15, 0.2) is 0 Å². The van der Waals surface area contributed by atoms with Crippen LogP contribution < -0.4 is 10.6 Å². The van der Waals surface area contributed by atoms with Gasteiger partial charge in [-0.3, -0.25) is 4.79 Å². The lowest BCUT2D eigenvalue weighted by atomic mass is 9.90. The van der Waals surface area contributed by atoms with E-state index >= 15 is 0 Å². The quantitative estimate of drug-likeness (QED) is 0.681. The van der Waals surface area contributed by atoms with E-state index in [1.807, 2.05) is 6.92 Å². The van der Waals surface area contributed by atoms with Crippen molar-refractivity contribution in [3.63, 3.8) is 0 Å². The van der Waals surface area contributed by atoms with Gasteiger partial charge in [-0.1, -0.05) is 0 Å². The minimum absolute atomic E-state index is 0.0788. The maximum absolute atomic E-state index is 11.8. The SMILES string of the molecule is CC1(C(=O)NCCF)CCCCN1. The molecule has 0 radical (unpaired) electrons. The Hall–Kier alpha value is -0.640. The molecule has 3 nitrogen and oxygen atoms in total. The minimum atomic E-state index is -0.498. The summed E-state index contributed by atoms with van der Waals surface area (Å²) in [5.74, 6) is -0.0788. The molecule has 0 saturated carbocycles. The smallest absolute Gasteiger partial charge is 0.240 e. The van der Waals surface area contributed by atoms with Crippen LogP contribution in [0.5, 0.6) is 0 Å². The molecule has 0 aliphatic carbocycles. The molecule has 1 amide bonds. The van der Waals surface area contributed by atoms with Crippen LogP contribution in [0, 0.1) is 0 Å². The van der Waals surface area contributed by atoms with Crippen molar-refractivity contribution < 1.29 is 9.18 Å². The summed E-state index contributed by atoms with van der Waals surface area (Å²) in [5.41, 5.74) is -0.479. The number of rotatable bonds is 3. The Morgan fingerprint density at radius 2 is 2.38 bits per heavy atom. The molecule has 4 heteroatoms. The van der Waals surface area contributed by atoms with Crippen molar-refractivity contribution in [2.75, 3.05) is 19.8 Å². The van der Waals surface area contributed by atoms with Crippen LogP contribution in [0.1, 0.15) is 26.2 Å². The molecule has 1 aliphatic rings. The van der Waals surface area contributed by atoms with Crippen molar-refractivity contribution in [2.24, 2.45) is 0 Å². The zero-order valence-corrected chi connectivity index (χ0v) is 8.03. The molecule has 1 atom stereocenters. The first-order chi connectivity index (χ1) is 6.19. The Bertz CT molecular complexity index is 178. The zero-order valence-electron chi connectivity index (χ0n) is 8.03. The maximum Gasteiger partial charge on any atom is 0.240 e. The summed E-state index contributed by atoms with van der Waals surface area (Å²) in [5, 5.41) is 5.74. The van der Waals surface area contributed by atoms with Gasteiger partial charge in [0.1, 0.15) is 6.67 Å². The van der Waals surface area contributed by atoms with Crippen LogP contribution in [0.25, 0.3) is 0 Å².